The van der Waals surface area contributed by atoms with Crippen molar-refractivity contribution < 1.29 is 14.3 Å². The second kappa shape index (κ2) is 6.77. The maximum atomic E-state index is 11.9. The van der Waals surface area contributed by atoms with Gasteiger partial charge in [-0.2, -0.15) is 5.26 Å². The molecular formula is C18H17NO3. The van der Waals surface area contributed by atoms with Crippen molar-refractivity contribution in [3.8, 4) is 17.6 Å². The molecule has 22 heavy (non-hydrogen) atoms. The van der Waals surface area contributed by atoms with Crippen molar-refractivity contribution in [3.05, 3.63) is 58.7 Å². The highest BCUT2D eigenvalue weighted by Crippen LogP contribution is 2.23. The minimum Gasteiger partial charge on any atom is -0.481 e. The molecule has 0 aliphatic rings. The van der Waals surface area contributed by atoms with Crippen molar-refractivity contribution in [1.82, 2.24) is 0 Å². The highest BCUT2D eigenvalue weighted by atomic mass is 16.6. The number of carbonyl (C=O) groups is 1. The SMILES string of the molecule is Cc1cc(C)c(C)c(OC(=O)COc2ccccc2C#N)c1. The van der Waals surface area contributed by atoms with E-state index in [1.54, 1.807) is 24.3 Å². The minimum absolute atomic E-state index is 0.245. The first kappa shape index (κ1) is 15.6. The molecule has 0 aliphatic heterocycles. The lowest BCUT2D eigenvalue weighted by atomic mass is 10.1. The number of carbonyl (C=O) groups excluding carboxylic acids is 1. The number of para-hydroxylation sites is 1. The number of benzene rings is 2. The maximum Gasteiger partial charge on any atom is 0.349 e. The van der Waals surface area contributed by atoms with Gasteiger partial charge >= 0.3 is 5.97 Å². The number of hydrogen-bond donors (Lipinski definition) is 0. The Morgan fingerprint density at radius 1 is 1.14 bits per heavy atom. The first-order chi connectivity index (χ1) is 10.5. The van der Waals surface area contributed by atoms with Crippen molar-refractivity contribution in [2.24, 2.45) is 0 Å². The fourth-order valence-corrected chi connectivity index (χ4v) is 2.08. The van der Waals surface area contributed by atoms with Crippen molar-refractivity contribution in [3.63, 3.8) is 0 Å². The minimum atomic E-state index is -0.499. The van der Waals surface area contributed by atoms with Crippen molar-refractivity contribution in [2.45, 2.75) is 20.8 Å². The van der Waals surface area contributed by atoms with Gasteiger partial charge in [0.05, 0.1) is 5.56 Å². The van der Waals surface area contributed by atoms with Crippen molar-refractivity contribution >= 4 is 5.97 Å². The second-order valence-electron chi connectivity index (χ2n) is 5.08. The van der Waals surface area contributed by atoms with Crippen LogP contribution in [0.3, 0.4) is 0 Å². The van der Waals surface area contributed by atoms with Gasteiger partial charge in [0.25, 0.3) is 0 Å². The van der Waals surface area contributed by atoms with E-state index in [2.05, 4.69) is 0 Å². The number of hydrogen-bond acceptors (Lipinski definition) is 4. The molecule has 112 valence electrons. The summed E-state index contributed by atoms with van der Waals surface area (Å²) in [6.07, 6.45) is 0. The van der Waals surface area contributed by atoms with Gasteiger partial charge in [-0.25, -0.2) is 4.79 Å². The van der Waals surface area contributed by atoms with Crippen LogP contribution >= 0.6 is 0 Å². The predicted molar refractivity (Wildman–Crippen MR) is 82.9 cm³/mol. The van der Waals surface area contributed by atoms with Crippen LogP contribution in [0.25, 0.3) is 0 Å². The van der Waals surface area contributed by atoms with Crippen LogP contribution in [-0.4, -0.2) is 12.6 Å². The van der Waals surface area contributed by atoms with Gasteiger partial charge in [0.1, 0.15) is 17.6 Å². The Balaban J connectivity index is 2.04. The quantitative estimate of drug-likeness (QED) is 0.640. The third-order valence-electron chi connectivity index (χ3n) is 3.34. The number of nitrogens with zero attached hydrogens (tertiary/aromatic N) is 1. The lowest BCUT2D eigenvalue weighted by Crippen LogP contribution is -2.18. The van der Waals surface area contributed by atoms with Gasteiger partial charge in [-0.05, 0) is 55.7 Å². The van der Waals surface area contributed by atoms with E-state index in [0.29, 0.717) is 17.1 Å². The number of aryl methyl sites for hydroxylation is 2. The molecule has 2 rings (SSSR count). The molecule has 0 radical (unpaired) electrons. The fraction of sp³-hybridized carbons (Fsp3) is 0.222. The molecule has 0 N–H and O–H groups in total. The lowest BCUT2D eigenvalue weighted by Gasteiger charge is -2.12. The molecule has 4 heteroatoms. The normalized spacial score (nSPS) is 9.91. The molecule has 0 heterocycles. The Kier molecular flexibility index (Phi) is 4.80. The van der Waals surface area contributed by atoms with Crippen LogP contribution in [0.1, 0.15) is 22.3 Å². The highest BCUT2D eigenvalue weighted by molar-refractivity contribution is 5.74. The monoisotopic (exact) mass is 295 g/mol. The van der Waals surface area contributed by atoms with Gasteiger partial charge < -0.3 is 9.47 Å². The molecule has 0 aromatic heterocycles. The van der Waals surface area contributed by atoms with Gasteiger partial charge in [-0.15, -0.1) is 0 Å². The lowest BCUT2D eigenvalue weighted by molar-refractivity contribution is -0.136. The molecular weight excluding hydrogens is 278 g/mol. The van der Waals surface area contributed by atoms with Crippen molar-refractivity contribution in [1.29, 1.82) is 5.26 Å². The van der Waals surface area contributed by atoms with Crippen LogP contribution in [-0.2, 0) is 4.79 Å². The Hall–Kier alpha value is -2.80. The van der Waals surface area contributed by atoms with Gasteiger partial charge in [0.15, 0.2) is 6.61 Å². The average Bonchev–Trinajstić information content (AvgIpc) is 2.50. The molecule has 0 amide bonds. The van der Waals surface area contributed by atoms with E-state index in [1.165, 1.54) is 0 Å². The van der Waals surface area contributed by atoms with E-state index in [1.807, 2.05) is 39.0 Å². The van der Waals surface area contributed by atoms with Crippen LogP contribution in [0.2, 0.25) is 0 Å². The zero-order chi connectivity index (χ0) is 16.1. The summed E-state index contributed by atoms with van der Waals surface area (Å²) in [5, 5.41) is 8.97. The third kappa shape index (κ3) is 3.64. The Bertz CT molecular complexity index is 744. The molecule has 0 spiro atoms. The molecule has 0 saturated heterocycles. The number of ether oxygens (including phenoxy) is 2. The van der Waals surface area contributed by atoms with E-state index in [-0.39, 0.29) is 6.61 Å². The third-order valence-corrected chi connectivity index (χ3v) is 3.34. The Morgan fingerprint density at radius 3 is 2.59 bits per heavy atom. The van der Waals surface area contributed by atoms with Crippen LogP contribution < -0.4 is 9.47 Å². The average molecular weight is 295 g/mol. The first-order valence-electron chi connectivity index (χ1n) is 6.91. The molecule has 0 unspecified atom stereocenters. The summed E-state index contributed by atoms with van der Waals surface area (Å²) in [4.78, 5) is 11.9. The van der Waals surface area contributed by atoms with Crippen LogP contribution in [0.15, 0.2) is 36.4 Å². The van der Waals surface area contributed by atoms with E-state index in [4.69, 9.17) is 14.7 Å². The Morgan fingerprint density at radius 2 is 1.86 bits per heavy atom. The smallest absolute Gasteiger partial charge is 0.349 e. The van der Waals surface area contributed by atoms with E-state index < -0.39 is 5.97 Å². The van der Waals surface area contributed by atoms with E-state index >= 15 is 0 Å². The molecule has 0 fully saturated rings. The van der Waals surface area contributed by atoms with E-state index in [0.717, 1.165) is 16.7 Å². The van der Waals surface area contributed by atoms with Gasteiger partial charge in [0, 0.05) is 0 Å². The van der Waals surface area contributed by atoms with Crippen molar-refractivity contribution in [2.75, 3.05) is 6.61 Å². The van der Waals surface area contributed by atoms with Gasteiger partial charge in [0.2, 0.25) is 0 Å². The summed E-state index contributed by atoms with van der Waals surface area (Å²) in [6.45, 7) is 5.58. The summed E-state index contributed by atoms with van der Waals surface area (Å²) in [6, 6.07) is 12.6. The van der Waals surface area contributed by atoms with Crippen LogP contribution in [0.4, 0.5) is 0 Å². The molecule has 0 bridgehead atoms. The number of nitriles is 1. The highest BCUT2D eigenvalue weighted by Gasteiger charge is 2.11. The summed E-state index contributed by atoms with van der Waals surface area (Å²) >= 11 is 0. The molecule has 0 saturated carbocycles. The maximum absolute atomic E-state index is 11.9. The standard InChI is InChI=1S/C18H17NO3/c1-12-8-13(2)14(3)17(9-12)22-18(20)11-21-16-7-5-4-6-15(16)10-19/h4-9H,11H2,1-3H3. The second-order valence-corrected chi connectivity index (χ2v) is 5.08. The topological polar surface area (TPSA) is 59.3 Å². The largest absolute Gasteiger partial charge is 0.481 e. The molecule has 4 nitrogen and oxygen atoms in total. The molecule has 2 aromatic rings. The molecule has 2 aromatic carbocycles. The summed E-state index contributed by atoms with van der Waals surface area (Å²) in [5.74, 6) is 0.416. The molecule has 0 aliphatic carbocycles. The van der Waals surface area contributed by atoms with Crippen LogP contribution in [0, 0.1) is 32.1 Å². The zero-order valence-electron chi connectivity index (χ0n) is 12.8. The first-order valence-corrected chi connectivity index (χ1v) is 6.91. The Labute approximate surface area is 129 Å². The van der Waals surface area contributed by atoms with Crippen LogP contribution in [0.5, 0.6) is 11.5 Å². The predicted octanol–water partition coefficient (Wildman–Crippen LogP) is 3.47. The summed E-state index contributed by atoms with van der Waals surface area (Å²) in [7, 11) is 0. The fourth-order valence-electron chi connectivity index (χ4n) is 2.08. The summed E-state index contributed by atoms with van der Waals surface area (Å²) in [5.41, 5.74) is 3.41. The van der Waals surface area contributed by atoms with Gasteiger partial charge in [-0.1, -0.05) is 18.2 Å². The van der Waals surface area contributed by atoms with E-state index in [9.17, 15) is 4.79 Å². The molecule has 0 atom stereocenters. The summed E-state index contributed by atoms with van der Waals surface area (Å²) < 4.78 is 10.7. The number of rotatable bonds is 4. The van der Waals surface area contributed by atoms with Gasteiger partial charge in [-0.3, -0.25) is 0 Å². The number of esters is 1. The zero-order valence-corrected chi connectivity index (χ0v) is 12.8.